The van der Waals surface area contributed by atoms with Crippen LogP contribution in [0, 0.1) is 17.0 Å². The van der Waals surface area contributed by atoms with Gasteiger partial charge in [-0.3, -0.25) is 4.79 Å². The predicted molar refractivity (Wildman–Crippen MR) is 104 cm³/mol. The second kappa shape index (κ2) is 8.07. The number of carbonyl (C=O) groups excluding carboxylic acids is 1. The minimum atomic E-state index is -0.825. The molecule has 5 heteroatoms. The summed E-state index contributed by atoms with van der Waals surface area (Å²) in [5.41, 5.74) is 1.35. The molecule has 0 fully saturated rings. The molecule has 0 aliphatic heterocycles. The number of amides is 1. The van der Waals surface area contributed by atoms with Gasteiger partial charge in [0.15, 0.2) is 6.61 Å². The summed E-state index contributed by atoms with van der Waals surface area (Å²) in [7, 11) is 0. The van der Waals surface area contributed by atoms with E-state index in [0.717, 1.165) is 12.5 Å². The van der Waals surface area contributed by atoms with Crippen LogP contribution in [0.1, 0.15) is 46.6 Å². The van der Waals surface area contributed by atoms with Gasteiger partial charge in [-0.1, -0.05) is 46.8 Å². The third-order valence-corrected chi connectivity index (χ3v) is 4.18. The monoisotopic (exact) mass is 375 g/mol. The minimum Gasteiger partial charge on any atom is -0.484 e. The minimum absolute atomic E-state index is 0.0221. The van der Waals surface area contributed by atoms with E-state index < -0.39 is 17.5 Å². The standard InChI is InChI=1S/C22H27F2NO2/c1-21(2,3)14-22(4,5)15-6-9-17(10-7-15)27-13-20(26)25-19-11-8-16(23)12-18(19)24/h6-12H,13-14H2,1-5H3,(H,25,26). The normalized spacial score (nSPS) is 12.0. The first-order valence-corrected chi connectivity index (χ1v) is 8.94. The van der Waals surface area contributed by atoms with Crippen LogP contribution >= 0.6 is 0 Å². The fourth-order valence-corrected chi connectivity index (χ4v) is 3.36. The van der Waals surface area contributed by atoms with Gasteiger partial charge < -0.3 is 10.1 Å². The molecule has 0 saturated carbocycles. The highest BCUT2D eigenvalue weighted by molar-refractivity contribution is 5.91. The van der Waals surface area contributed by atoms with Crippen LogP contribution in [0.25, 0.3) is 0 Å². The van der Waals surface area contributed by atoms with E-state index in [4.69, 9.17) is 4.74 Å². The van der Waals surface area contributed by atoms with E-state index in [1.165, 1.54) is 11.6 Å². The van der Waals surface area contributed by atoms with Crippen LogP contribution < -0.4 is 10.1 Å². The lowest BCUT2D eigenvalue weighted by atomic mass is 9.72. The van der Waals surface area contributed by atoms with Crippen molar-refractivity contribution in [1.29, 1.82) is 0 Å². The SMILES string of the molecule is CC(C)(C)CC(C)(C)c1ccc(OCC(=O)Nc2ccc(F)cc2F)cc1. The van der Waals surface area contributed by atoms with Gasteiger partial charge in [0.2, 0.25) is 0 Å². The Morgan fingerprint density at radius 2 is 1.63 bits per heavy atom. The van der Waals surface area contributed by atoms with Gasteiger partial charge in [0.25, 0.3) is 5.91 Å². The van der Waals surface area contributed by atoms with E-state index in [-0.39, 0.29) is 23.1 Å². The van der Waals surface area contributed by atoms with Crippen molar-refractivity contribution in [2.45, 2.75) is 46.5 Å². The molecule has 0 radical (unpaired) electrons. The number of rotatable bonds is 6. The Balaban J connectivity index is 1.93. The van der Waals surface area contributed by atoms with Crippen LogP contribution in [0.15, 0.2) is 42.5 Å². The average Bonchev–Trinajstić information content (AvgIpc) is 2.54. The number of anilines is 1. The summed E-state index contributed by atoms with van der Waals surface area (Å²) in [6.45, 7) is 10.8. The van der Waals surface area contributed by atoms with Crippen molar-refractivity contribution in [2.24, 2.45) is 5.41 Å². The molecule has 0 unspecified atom stereocenters. The molecule has 0 heterocycles. The molecule has 2 rings (SSSR count). The number of ether oxygens (including phenoxy) is 1. The van der Waals surface area contributed by atoms with Gasteiger partial charge in [-0.15, -0.1) is 0 Å². The highest BCUT2D eigenvalue weighted by atomic mass is 19.1. The molecule has 27 heavy (non-hydrogen) atoms. The molecule has 2 aromatic rings. The Hall–Kier alpha value is -2.43. The van der Waals surface area contributed by atoms with Crippen molar-refractivity contribution in [3.8, 4) is 5.75 Å². The van der Waals surface area contributed by atoms with Crippen molar-refractivity contribution in [1.82, 2.24) is 0 Å². The molecule has 3 nitrogen and oxygen atoms in total. The molecule has 0 aliphatic carbocycles. The Kier molecular flexibility index (Phi) is 6.24. The second-order valence-electron chi connectivity index (χ2n) is 8.61. The number of hydrogen-bond acceptors (Lipinski definition) is 2. The third kappa shape index (κ3) is 6.35. The largest absolute Gasteiger partial charge is 0.484 e. The van der Waals surface area contributed by atoms with Gasteiger partial charge in [-0.05, 0) is 47.1 Å². The Morgan fingerprint density at radius 1 is 1.00 bits per heavy atom. The zero-order valence-corrected chi connectivity index (χ0v) is 16.5. The van der Waals surface area contributed by atoms with Crippen LogP contribution in [0.2, 0.25) is 0 Å². The number of nitrogens with one attached hydrogen (secondary N) is 1. The topological polar surface area (TPSA) is 38.3 Å². The fraction of sp³-hybridized carbons (Fsp3) is 0.409. The summed E-state index contributed by atoms with van der Waals surface area (Å²) in [6.07, 6.45) is 1.03. The third-order valence-electron chi connectivity index (χ3n) is 4.18. The van der Waals surface area contributed by atoms with Crippen molar-refractivity contribution in [3.05, 3.63) is 59.7 Å². The Morgan fingerprint density at radius 3 is 2.19 bits per heavy atom. The van der Waals surface area contributed by atoms with Gasteiger partial charge in [0, 0.05) is 6.07 Å². The molecule has 0 spiro atoms. The van der Waals surface area contributed by atoms with Crippen LogP contribution in [-0.2, 0) is 10.2 Å². The highest BCUT2D eigenvalue weighted by Crippen LogP contribution is 2.36. The maximum atomic E-state index is 13.6. The number of carbonyl (C=O) groups is 1. The first-order valence-electron chi connectivity index (χ1n) is 8.94. The van der Waals surface area contributed by atoms with Crippen LogP contribution in [0.5, 0.6) is 5.75 Å². The van der Waals surface area contributed by atoms with Crippen molar-refractivity contribution < 1.29 is 18.3 Å². The molecule has 2 aromatic carbocycles. The zero-order chi connectivity index (χ0) is 20.2. The van der Waals surface area contributed by atoms with E-state index in [2.05, 4.69) is 39.9 Å². The first-order chi connectivity index (χ1) is 12.5. The number of benzene rings is 2. The van der Waals surface area contributed by atoms with Crippen LogP contribution in [0.3, 0.4) is 0 Å². The molecular weight excluding hydrogens is 348 g/mol. The van der Waals surface area contributed by atoms with E-state index in [1.54, 1.807) is 0 Å². The summed E-state index contributed by atoms with van der Waals surface area (Å²) < 4.78 is 31.9. The van der Waals surface area contributed by atoms with E-state index in [9.17, 15) is 13.6 Å². The molecule has 0 aromatic heterocycles. The highest BCUT2D eigenvalue weighted by Gasteiger charge is 2.27. The first kappa shape index (κ1) is 20.9. The number of halogens is 2. The maximum absolute atomic E-state index is 13.6. The molecular formula is C22H27F2NO2. The van der Waals surface area contributed by atoms with Crippen molar-refractivity contribution in [3.63, 3.8) is 0 Å². The van der Waals surface area contributed by atoms with E-state index in [1.807, 2.05) is 24.3 Å². The van der Waals surface area contributed by atoms with Gasteiger partial charge in [0.1, 0.15) is 17.4 Å². The smallest absolute Gasteiger partial charge is 0.262 e. The molecule has 1 N–H and O–H groups in total. The van der Waals surface area contributed by atoms with Gasteiger partial charge in [-0.25, -0.2) is 8.78 Å². The zero-order valence-electron chi connectivity index (χ0n) is 16.5. The average molecular weight is 375 g/mol. The Labute approximate surface area is 159 Å². The molecule has 0 bridgehead atoms. The second-order valence-corrected chi connectivity index (χ2v) is 8.61. The molecule has 0 aliphatic rings. The molecule has 146 valence electrons. The van der Waals surface area contributed by atoms with Gasteiger partial charge in [-0.2, -0.15) is 0 Å². The molecule has 1 amide bonds. The summed E-state index contributed by atoms with van der Waals surface area (Å²) in [6, 6.07) is 10.6. The van der Waals surface area contributed by atoms with E-state index in [0.29, 0.717) is 11.8 Å². The van der Waals surface area contributed by atoms with Gasteiger partial charge >= 0.3 is 0 Å². The van der Waals surface area contributed by atoms with Crippen molar-refractivity contribution >= 4 is 11.6 Å². The number of hydrogen-bond donors (Lipinski definition) is 1. The maximum Gasteiger partial charge on any atom is 0.262 e. The van der Waals surface area contributed by atoms with Gasteiger partial charge in [0.05, 0.1) is 5.69 Å². The predicted octanol–water partition coefficient (Wildman–Crippen LogP) is 5.70. The van der Waals surface area contributed by atoms with Crippen molar-refractivity contribution in [2.75, 3.05) is 11.9 Å². The van der Waals surface area contributed by atoms with Crippen LogP contribution in [-0.4, -0.2) is 12.5 Å². The summed E-state index contributed by atoms with van der Waals surface area (Å²) in [5.74, 6) is -1.48. The Bertz CT molecular complexity index is 793. The molecule has 0 atom stereocenters. The quantitative estimate of drug-likeness (QED) is 0.704. The van der Waals surface area contributed by atoms with E-state index >= 15 is 0 Å². The summed E-state index contributed by atoms with van der Waals surface area (Å²) >= 11 is 0. The molecule has 0 saturated heterocycles. The van der Waals surface area contributed by atoms with Crippen LogP contribution in [0.4, 0.5) is 14.5 Å². The summed E-state index contributed by atoms with van der Waals surface area (Å²) in [4.78, 5) is 11.9. The fourth-order valence-electron chi connectivity index (χ4n) is 3.36. The lowest BCUT2D eigenvalue weighted by molar-refractivity contribution is -0.118. The lowest BCUT2D eigenvalue weighted by Crippen LogP contribution is -2.24. The lowest BCUT2D eigenvalue weighted by Gasteiger charge is -2.33. The summed E-state index contributed by atoms with van der Waals surface area (Å²) in [5, 5.41) is 2.36.